The van der Waals surface area contributed by atoms with E-state index in [0.717, 1.165) is 32.5 Å². The van der Waals surface area contributed by atoms with Gasteiger partial charge in [0.05, 0.1) is 23.4 Å². The fraction of sp³-hybridized carbons (Fsp3) is 0.235. The molecule has 3 nitrogen and oxygen atoms in total. The highest BCUT2D eigenvalue weighted by molar-refractivity contribution is 8.00. The Labute approximate surface area is 138 Å². The minimum Gasteiger partial charge on any atom is -0.496 e. The Hall–Kier alpha value is -1.56. The molecule has 22 heavy (non-hydrogen) atoms. The molecule has 3 aromatic rings. The number of hydrogen-bond acceptors (Lipinski definition) is 5. The van der Waals surface area contributed by atoms with E-state index in [9.17, 15) is 5.11 Å². The maximum atomic E-state index is 9.73. The molecule has 1 heterocycles. The number of aliphatic hydroxyl groups is 1. The Morgan fingerprint density at radius 3 is 2.82 bits per heavy atom. The van der Waals surface area contributed by atoms with Gasteiger partial charge in [-0.05, 0) is 36.8 Å². The summed E-state index contributed by atoms with van der Waals surface area (Å²) in [5, 5.41) is 9.73. The lowest BCUT2D eigenvalue weighted by molar-refractivity contribution is 0.199. The van der Waals surface area contributed by atoms with Gasteiger partial charge in [-0.15, -0.1) is 11.3 Å². The van der Waals surface area contributed by atoms with E-state index >= 15 is 0 Å². The van der Waals surface area contributed by atoms with Gasteiger partial charge in [-0.3, -0.25) is 0 Å². The van der Waals surface area contributed by atoms with Crippen LogP contribution in [0.15, 0.2) is 46.8 Å². The molecule has 2 aromatic carbocycles. The van der Waals surface area contributed by atoms with Crippen LogP contribution in [0.3, 0.4) is 0 Å². The van der Waals surface area contributed by atoms with Crippen LogP contribution < -0.4 is 4.74 Å². The minimum atomic E-state index is -0.475. The smallest absolute Gasteiger partial charge is 0.151 e. The zero-order valence-electron chi connectivity index (χ0n) is 12.4. The summed E-state index contributed by atoms with van der Waals surface area (Å²) in [6.07, 6.45) is -0.475. The predicted octanol–water partition coefficient (Wildman–Crippen LogP) is 4.65. The number of fused-ring (bicyclic) bond motifs is 1. The van der Waals surface area contributed by atoms with E-state index in [4.69, 9.17) is 4.74 Å². The fourth-order valence-corrected chi connectivity index (χ4v) is 4.27. The van der Waals surface area contributed by atoms with Gasteiger partial charge < -0.3 is 9.84 Å². The van der Waals surface area contributed by atoms with Crippen molar-refractivity contribution in [3.63, 3.8) is 0 Å². The van der Waals surface area contributed by atoms with Crippen molar-refractivity contribution in [2.75, 3.05) is 7.11 Å². The first-order valence-electron chi connectivity index (χ1n) is 7.00. The van der Waals surface area contributed by atoms with Crippen molar-refractivity contribution in [2.24, 2.45) is 0 Å². The molecule has 5 heteroatoms. The third-order valence-electron chi connectivity index (χ3n) is 3.41. The zero-order chi connectivity index (χ0) is 15.5. The highest BCUT2D eigenvalue weighted by atomic mass is 32.2. The monoisotopic (exact) mass is 331 g/mol. The number of aliphatic hydroxyl groups excluding tert-OH is 1. The third kappa shape index (κ3) is 3.27. The van der Waals surface area contributed by atoms with Crippen molar-refractivity contribution >= 4 is 33.3 Å². The van der Waals surface area contributed by atoms with Crippen LogP contribution in [0, 0.1) is 0 Å². The lowest BCUT2D eigenvalue weighted by Crippen LogP contribution is -1.96. The number of hydrogen-bond donors (Lipinski definition) is 1. The number of aromatic nitrogens is 1. The SMILES string of the molecule is COc1ccc(C(C)O)cc1CSc1nc2ccccc2s1. The summed E-state index contributed by atoms with van der Waals surface area (Å²) in [6, 6.07) is 14.0. The summed E-state index contributed by atoms with van der Waals surface area (Å²) in [6.45, 7) is 1.77. The average Bonchev–Trinajstić information content (AvgIpc) is 2.95. The van der Waals surface area contributed by atoms with Gasteiger partial charge in [-0.2, -0.15) is 0 Å². The Bertz CT molecular complexity index is 750. The van der Waals surface area contributed by atoms with E-state index in [0.29, 0.717) is 0 Å². The molecule has 0 spiro atoms. The van der Waals surface area contributed by atoms with Crippen LogP contribution in [0.1, 0.15) is 24.2 Å². The van der Waals surface area contributed by atoms with E-state index < -0.39 is 6.10 Å². The van der Waals surface area contributed by atoms with Crippen molar-refractivity contribution in [1.82, 2.24) is 4.98 Å². The van der Waals surface area contributed by atoms with Crippen molar-refractivity contribution in [3.8, 4) is 5.75 Å². The summed E-state index contributed by atoms with van der Waals surface area (Å²) in [7, 11) is 1.67. The number of thiazole rings is 1. The number of nitrogens with zero attached hydrogens (tertiary/aromatic N) is 1. The van der Waals surface area contributed by atoms with Crippen LogP contribution in [-0.2, 0) is 5.75 Å². The van der Waals surface area contributed by atoms with E-state index in [-0.39, 0.29) is 0 Å². The molecule has 114 valence electrons. The van der Waals surface area contributed by atoms with Crippen LogP contribution >= 0.6 is 23.1 Å². The van der Waals surface area contributed by atoms with Gasteiger partial charge in [0, 0.05) is 11.3 Å². The van der Waals surface area contributed by atoms with Gasteiger partial charge in [0.2, 0.25) is 0 Å². The average molecular weight is 331 g/mol. The Morgan fingerprint density at radius 2 is 2.09 bits per heavy atom. The van der Waals surface area contributed by atoms with Gasteiger partial charge in [-0.1, -0.05) is 30.0 Å². The van der Waals surface area contributed by atoms with Crippen molar-refractivity contribution < 1.29 is 9.84 Å². The van der Waals surface area contributed by atoms with E-state index in [1.54, 1.807) is 37.1 Å². The van der Waals surface area contributed by atoms with Crippen LogP contribution in [-0.4, -0.2) is 17.2 Å². The number of thioether (sulfide) groups is 1. The van der Waals surface area contributed by atoms with Crippen molar-refractivity contribution in [2.45, 2.75) is 23.1 Å². The van der Waals surface area contributed by atoms with Crippen molar-refractivity contribution in [1.29, 1.82) is 0 Å². The minimum absolute atomic E-state index is 0.475. The lowest BCUT2D eigenvalue weighted by atomic mass is 10.1. The van der Waals surface area contributed by atoms with Crippen LogP contribution in [0.2, 0.25) is 0 Å². The highest BCUT2D eigenvalue weighted by Gasteiger charge is 2.10. The topological polar surface area (TPSA) is 42.4 Å². The molecule has 1 N–H and O–H groups in total. The molecule has 0 bridgehead atoms. The molecule has 0 fully saturated rings. The number of methoxy groups -OCH3 is 1. The number of ether oxygens (including phenoxy) is 1. The van der Waals surface area contributed by atoms with Gasteiger partial charge in [0.25, 0.3) is 0 Å². The molecule has 0 radical (unpaired) electrons. The summed E-state index contributed by atoms with van der Waals surface area (Å²) in [4.78, 5) is 4.63. The van der Waals surface area contributed by atoms with E-state index in [1.165, 1.54) is 4.70 Å². The summed E-state index contributed by atoms with van der Waals surface area (Å²) < 4.78 is 7.67. The molecule has 0 aliphatic rings. The lowest BCUT2D eigenvalue weighted by Gasteiger charge is -2.11. The summed E-state index contributed by atoms with van der Waals surface area (Å²) >= 11 is 3.40. The molecular formula is C17H17NO2S2. The highest BCUT2D eigenvalue weighted by Crippen LogP contribution is 2.34. The molecule has 1 atom stereocenters. The van der Waals surface area contributed by atoms with Gasteiger partial charge in [0.1, 0.15) is 5.75 Å². The number of para-hydroxylation sites is 1. The quantitative estimate of drug-likeness (QED) is 0.691. The normalized spacial score (nSPS) is 12.5. The molecule has 0 aliphatic carbocycles. The molecule has 3 rings (SSSR count). The first kappa shape index (κ1) is 15.3. The van der Waals surface area contributed by atoms with Crippen LogP contribution in [0.4, 0.5) is 0 Å². The second-order valence-electron chi connectivity index (χ2n) is 4.98. The zero-order valence-corrected chi connectivity index (χ0v) is 14.1. The molecule has 0 saturated carbocycles. The Balaban J connectivity index is 1.81. The number of benzene rings is 2. The van der Waals surface area contributed by atoms with E-state index in [1.807, 2.05) is 36.4 Å². The second-order valence-corrected chi connectivity index (χ2v) is 7.24. The fourth-order valence-electron chi connectivity index (χ4n) is 2.22. The summed E-state index contributed by atoms with van der Waals surface area (Å²) in [5.74, 6) is 1.61. The molecular weight excluding hydrogens is 314 g/mol. The second kappa shape index (κ2) is 6.69. The molecule has 1 aromatic heterocycles. The molecule has 0 saturated heterocycles. The Morgan fingerprint density at radius 1 is 1.27 bits per heavy atom. The van der Waals surface area contributed by atoms with Crippen molar-refractivity contribution in [3.05, 3.63) is 53.6 Å². The molecule has 0 aliphatic heterocycles. The first-order chi connectivity index (χ1) is 10.7. The van der Waals surface area contributed by atoms with Gasteiger partial charge in [0.15, 0.2) is 4.34 Å². The van der Waals surface area contributed by atoms with E-state index in [2.05, 4.69) is 11.1 Å². The maximum Gasteiger partial charge on any atom is 0.151 e. The predicted molar refractivity (Wildman–Crippen MR) is 92.8 cm³/mol. The molecule has 0 amide bonds. The maximum absolute atomic E-state index is 9.73. The van der Waals surface area contributed by atoms with Crippen LogP contribution in [0.25, 0.3) is 10.2 Å². The van der Waals surface area contributed by atoms with Crippen LogP contribution in [0.5, 0.6) is 5.75 Å². The Kier molecular flexibility index (Phi) is 4.66. The summed E-state index contributed by atoms with van der Waals surface area (Å²) in [5.41, 5.74) is 3.02. The first-order valence-corrected chi connectivity index (χ1v) is 8.81. The third-order valence-corrected chi connectivity index (χ3v) is 5.64. The number of rotatable bonds is 5. The standard InChI is InChI=1S/C17H17NO2S2/c1-11(19)12-7-8-15(20-2)13(9-12)10-21-17-18-14-5-3-4-6-16(14)22-17/h3-9,11,19H,10H2,1-2H3. The van der Waals surface area contributed by atoms with Gasteiger partial charge in [-0.25, -0.2) is 4.98 Å². The molecule has 1 unspecified atom stereocenters. The van der Waals surface area contributed by atoms with Gasteiger partial charge >= 0.3 is 0 Å². The largest absolute Gasteiger partial charge is 0.496 e.